The van der Waals surface area contributed by atoms with E-state index >= 15 is 0 Å². The largest absolute Gasteiger partial charge is 0.381 e. The van der Waals surface area contributed by atoms with Crippen molar-refractivity contribution in [3.63, 3.8) is 0 Å². The van der Waals surface area contributed by atoms with Gasteiger partial charge >= 0.3 is 0 Å². The lowest BCUT2D eigenvalue weighted by Crippen LogP contribution is -2.32. The molecule has 0 aliphatic carbocycles. The highest BCUT2D eigenvalue weighted by atomic mass is 35.5. The summed E-state index contributed by atoms with van der Waals surface area (Å²) in [6.07, 6.45) is 4.04. The third kappa shape index (κ3) is 3.04. The Balaban J connectivity index is 1.96. The molecule has 15 heavy (non-hydrogen) atoms. The molecular weight excluding hydrogens is 214 g/mol. The van der Waals surface area contributed by atoms with E-state index in [0.29, 0.717) is 17.3 Å². The molecule has 1 aromatic heterocycles. The molecule has 1 aliphatic heterocycles. The van der Waals surface area contributed by atoms with Crippen LogP contribution >= 0.6 is 11.6 Å². The Morgan fingerprint density at radius 3 is 3.20 bits per heavy atom. The second kappa shape index (κ2) is 4.77. The number of ether oxygens (including phenoxy) is 1. The van der Waals surface area contributed by atoms with Crippen LogP contribution in [0.5, 0.6) is 0 Å². The molecule has 2 atom stereocenters. The van der Waals surface area contributed by atoms with Crippen LogP contribution in [0.4, 0.5) is 5.69 Å². The molecule has 4 nitrogen and oxygen atoms in total. The topological polar surface area (TPSA) is 47.0 Å². The molecule has 1 saturated heterocycles. The highest BCUT2D eigenvalue weighted by Gasteiger charge is 2.18. The van der Waals surface area contributed by atoms with Crippen molar-refractivity contribution < 1.29 is 4.74 Å². The third-order valence-electron chi connectivity index (χ3n) is 2.48. The van der Waals surface area contributed by atoms with E-state index in [4.69, 9.17) is 16.3 Å². The molecule has 2 unspecified atom stereocenters. The molecule has 0 amide bonds. The summed E-state index contributed by atoms with van der Waals surface area (Å²) in [4.78, 5) is 0. The summed E-state index contributed by atoms with van der Waals surface area (Å²) in [6.45, 7) is 2.90. The van der Waals surface area contributed by atoms with Crippen LogP contribution in [0.2, 0.25) is 5.15 Å². The first kappa shape index (κ1) is 10.6. The monoisotopic (exact) mass is 227 g/mol. The van der Waals surface area contributed by atoms with E-state index in [-0.39, 0.29) is 0 Å². The van der Waals surface area contributed by atoms with Crippen LogP contribution < -0.4 is 5.32 Å². The Morgan fingerprint density at radius 1 is 1.60 bits per heavy atom. The first-order valence-electron chi connectivity index (χ1n) is 5.10. The predicted molar refractivity (Wildman–Crippen MR) is 59.1 cm³/mol. The lowest BCUT2D eigenvalue weighted by molar-refractivity contribution is 0.0232. The maximum atomic E-state index is 5.75. The molecule has 0 bridgehead atoms. The van der Waals surface area contributed by atoms with Crippen LogP contribution in [0, 0.1) is 0 Å². The molecule has 1 N–H and O–H groups in total. The molecule has 1 fully saturated rings. The van der Waals surface area contributed by atoms with Crippen LogP contribution in [0.1, 0.15) is 19.8 Å². The molecule has 0 radical (unpaired) electrons. The molecule has 0 saturated carbocycles. The first-order chi connectivity index (χ1) is 7.24. The van der Waals surface area contributed by atoms with E-state index in [1.54, 1.807) is 12.3 Å². The minimum absolute atomic E-state index is 0.321. The second-order valence-electron chi connectivity index (χ2n) is 3.81. The van der Waals surface area contributed by atoms with Gasteiger partial charge in [0.15, 0.2) is 5.15 Å². The van der Waals surface area contributed by atoms with E-state index in [1.165, 1.54) is 0 Å². The van der Waals surface area contributed by atoms with E-state index in [9.17, 15) is 0 Å². The van der Waals surface area contributed by atoms with Crippen molar-refractivity contribution in [2.75, 3.05) is 11.9 Å². The van der Waals surface area contributed by atoms with E-state index in [0.717, 1.165) is 25.1 Å². The van der Waals surface area contributed by atoms with Crippen molar-refractivity contribution >= 4 is 17.3 Å². The maximum absolute atomic E-state index is 5.75. The summed E-state index contributed by atoms with van der Waals surface area (Å²) in [6, 6.07) is 2.23. The van der Waals surface area contributed by atoms with Gasteiger partial charge in [-0.2, -0.15) is 5.10 Å². The number of rotatable bonds is 2. The SMILES string of the molecule is CC1CC(Nc2cnnc(Cl)c2)CCO1. The number of halogens is 1. The third-order valence-corrected chi connectivity index (χ3v) is 2.67. The number of nitrogens with one attached hydrogen (secondary N) is 1. The molecule has 1 aromatic rings. The van der Waals surface area contributed by atoms with Gasteiger partial charge in [-0.3, -0.25) is 0 Å². The zero-order valence-corrected chi connectivity index (χ0v) is 9.37. The van der Waals surface area contributed by atoms with Crippen molar-refractivity contribution in [3.8, 4) is 0 Å². The summed E-state index contributed by atoms with van der Waals surface area (Å²) < 4.78 is 5.48. The summed E-state index contributed by atoms with van der Waals surface area (Å²) >= 11 is 5.75. The minimum atomic E-state index is 0.321. The smallest absolute Gasteiger partial charge is 0.153 e. The maximum Gasteiger partial charge on any atom is 0.153 e. The van der Waals surface area contributed by atoms with Crippen LogP contribution in [0.25, 0.3) is 0 Å². The quantitative estimate of drug-likeness (QED) is 0.841. The molecule has 5 heteroatoms. The van der Waals surface area contributed by atoms with Crippen molar-refractivity contribution in [2.24, 2.45) is 0 Å². The molecular formula is C10H14ClN3O. The number of aromatic nitrogens is 2. The Bertz CT molecular complexity index is 334. The number of hydrogen-bond acceptors (Lipinski definition) is 4. The van der Waals surface area contributed by atoms with Crippen molar-refractivity contribution in [1.82, 2.24) is 10.2 Å². The fourth-order valence-corrected chi connectivity index (χ4v) is 1.95. The van der Waals surface area contributed by atoms with Crippen molar-refractivity contribution in [2.45, 2.75) is 31.9 Å². The number of anilines is 1. The normalized spacial score (nSPS) is 26.3. The Labute approximate surface area is 94.0 Å². The summed E-state index contributed by atoms with van der Waals surface area (Å²) in [5.74, 6) is 0. The predicted octanol–water partition coefficient (Wildman–Crippen LogP) is 2.11. The van der Waals surface area contributed by atoms with E-state index < -0.39 is 0 Å². The first-order valence-corrected chi connectivity index (χ1v) is 5.48. The fourth-order valence-electron chi connectivity index (χ4n) is 1.78. The van der Waals surface area contributed by atoms with Gasteiger partial charge in [0.1, 0.15) is 0 Å². The lowest BCUT2D eigenvalue weighted by Gasteiger charge is -2.28. The molecule has 0 spiro atoms. The van der Waals surface area contributed by atoms with Gasteiger partial charge in [0.25, 0.3) is 0 Å². The highest BCUT2D eigenvalue weighted by molar-refractivity contribution is 6.29. The average Bonchev–Trinajstić information content (AvgIpc) is 2.17. The zero-order chi connectivity index (χ0) is 10.7. The molecule has 82 valence electrons. The van der Waals surface area contributed by atoms with Gasteiger partial charge in [-0.25, -0.2) is 0 Å². The second-order valence-corrected chi connectivity index (χ2v) is 4.20. The van der Waals surface area contributed by atoms with Crippen LogP contribution in [0.15, 0.2) is 12.3 Å². The Kier molecular flexibility index (Phi) is 3.38. The number of nitrogens with zero attached hydrogens (tertiary/aromatic N) is 2. The van der Waals surface area contributed by atoms with Gasteiger partial charge in [-0.15, -0.1) is 5.10 Å². The van der Waals surface area contributed by atoms with E-state index in [2.05, 4.69) is 22.4 Å². The van der Waals surface area contributed by atoms with Gasteiger partial charge in [-0.05, 0) is 19.8 Å². The van der Waals surface area contributed by atoms with Gasteiger partial charge in [0.2, 0.25) is 0 Å². The summed E-state index contributed by atoms with van der Waals surface area (Å²) in [5.41, 5.74) is 0.925. The van der Waals surface area contributed by atoms with E-state index in [1.807, 2.05) is 0 Å². The molecule has 1 aliphatic rings. The van der Waals surface area contributed by atoms with Gasteiger partial charge in [0, 0.05) is 18.7 Å². The Hall–Kier alpha value is -0.870. The molecule has 2 heterocycles. The standard InChI is InChI=1S/C10H14ClN3O/c1-7-4-8(2-3-15-7)13-9-5-10(11)14-12-6-9/h5-8H,2-4H2,1H3,(H,13,14). The summed E-state index contributed by atoms with van der Waals surface area (Å²) in [7, 11) is 0. The zero-order valence-electron chi connectivity index (χ0n) is 8.61. The molecule has 2 rings (SSSR count). The summed E-state index contributed by atoms with van der Waals surface area (Å²) in [5, 5.41) is 11.3. The van der Waals surface area contributed by atoms with Gasteiger partial charge in [-0.1, -0.05) is 11.6 Å². The van der Waals surface area contributed by atoms with Gasteiger partial charge in [0.05, 0.1) is 18.0 Å². The van der Waals surface area contributed by atoms with Crippen molar-refractivity contribution in [1.29, 1.82) is 0 Å². The van der Waals surface area contributed by atoms with Gasteiger partial charge < -0.3 is 10.1 Å². The van der Waals surface area contributed by atoms with Crippen LogP contribution in [-0.4, -0.2) is 29.0 Å². The number of hydrogen-bond donors (Lipinski definition) is 1. The highest BCUT2D eigenvalue weighted by Crippen LogP contribution is 2.19. The Morgan fingerprint density at radius 2 is 2.47 bits per heavy atom. The lowest BCUT2D eigenvalue weighted by atomic mass is 10.0. The van der Waals surface area contributed by atoms with Crippen molar-refractivity contribution in [3.05, 3.63) is 17.4 Å². The fraction of sp³-hybridized carbons (Fsp3) is 0.600. The van der Waals surface area contributed by atoms with Crippen LogP contribution in [0.3, 0.4) is 0 Å². The molecule has 0 aromatic carbocycles. The average molecular weight is 228 g/mol. The van der Waals surface area contributed by atoms with Crippen LogP contribution in [-0.2, 0) is 4.74 Å². The minimum Gasteiger partial charge on any atom is -0.381 e.